The van der Waals surface area contributed by atoms with Gasteiger partial charge in [-0.05, 0) is 44.4 Å². The Bertz CT molecular complexity index is 442. The van der Waals surface area contributed by atoms with E-state index in [1.807, 2.05) is 24.0 Å². The third-order valence-corrected chi connectivity index (χ3v) is 3.64. The average molecular weight is 277 g/mol. The van der Waals surface area contributed by atoms with E-state index in [-0.39, 0.29) is 12.0 Å². The first-order valence-corrected chi connectivity index (χ1v) is 7.25. The van der Waals surface area contributed by atoms with E-state index in [2.05, 4.69) is 4.98 Å². The van der Waals surface area contributed by atoms with Gasteiger partial charge >= 0.3 is 0 Å². The van der Waals surface area contributed by atoms with Crippen LogP contribution in [0.4, 0.5) is 0 Å². The fourth-order valence-corrected chi connectivity index (χ4v) is 2.42. The van der Waals surface area contributed by atoms with Crippen molar-refractivity contribution in [2.45, 2.75) is 32.3 Å². The number of nitrogens with two attached hydrogens (primary N) is 1. The highest BCUT2D eigenvalue weighted by Crippen LogP contribution is 2.17. The van der Waals surface area contributed by atoms with E-state index in [4.69, 9.17) is 10.5 Å². The molecule has 0 bridgehead atoms. The summed E-state index contributed by atoms with van der Waals surface area (Å²) in [7, 11) is 0. The summed E-state index contributed by atoms with van der Waals surface area (Å²) < 4.78 is 5.75. The number of carbonyl (C=O) groups excluding carboxylic acids is 1. The molecule has 1 aliphatic heterocycles. The van der Waals surface area contributed by atoms with Crippen molar-refractivity contribution in [2.75, 3.05) is 26.2 Å². The van der Waals surface area contributed by atoms with Gasteiger partial charge in [0.25, 0.3) is 5.91 Å². The molecule has 0 aromatic carbocycles. The van der Waals surface area contributed by atoms with Crippen LogP contribution in [0.1, 0.15) is 35.3 Å². The van der Waals surface area contributed by atoms with Gasteiger partial charge in [-0.2, -0.15) is 0 Å². The van der Waals surface area contributed by atoms with E-state index in [1.54, 1.807) is 6.20 Å². The third kappa shape index (κ3) is 3.77. The van der Waals surface area contributed by atoms with Crippen molar-refractivity contribution in [3.63, 3.8) is 0 Å². The minimum Gasteiger partial charge on any atom is -0.378 e. The Kier molecular flexibility index (Phi) is 5.49. The average Bonchev–Trinajstić information content (AvgIpc) is 2.48. The molecule has 1 aromatic heterocycles. The maximum absolute atomic E-state index is 12.4. The lowest BCUT2D eigenvalue weighted by Gasteiger charge is -2.32. The normalized spacial score (nSPS) is 16.4. The number of amides is 1. The van der Waals surface area contributed by atoms with E-state index >= 15 is 0 Å². The SMILES string of the molecule is Cc1cccnc1C(=O)N1CCC(OCCCN)CC1. The molecule has 2 heterocycles. The number of rotatable bonds is 5. The lowest BCUT2D eigenvalue weighted by Crippen LogP contribution is -2.41. The highest BCUT2D eigenvalue weighted by molar-refractivity contribution is 5.93. The van der Waals surface area contributed by atoms with E-state index in [0.717, 1.165) is 37.9 Å². The predicted molar refractivity (Wildman–Crippen MR) is 77.5 cm³/mol. The number of nitrogens with zero attached hydrogens (tertiary/aromatic N) is 2. The molecule has 2 rings (SSSR count). The van der Waals surface area contributed by atoms with Crippen LogP contribution in [0, 0.1) is 6.92 Å². The van der Waals surface area contributed by atoms with Gasteiger partial charge in [0, 0.05) is 25.9 Å². The maximum atomic E-state index is 12.4. The zero-order valence-corrected chi connectivity index (χ0v) is 12.0. The summed E-state index contributed by atoms with van der Waals surface area (Å²) in [4.78, 5) is 18.5. The highest BCUT2D eigenvalue weighted by Gasteiger charge is 2.25. The quantitative estimate of drug-likeness (QED) is 0.825. The van der Waals surface area contributed by atoms with E-state index in [1.165, 1.54) is 0 Å². The van der Waals surface area contributed by atoms with Gasteiger partial charge in [0.15, 0.2) is 0 Å². The second-order valence-electron chi connectivity index (χ2n) is 5.17. The molecule has 110 valence electrons. The van der Waals surface area contributed by atoms with Crippen LogP contribution in [-0.2, 0) is 4.74 Å². The number of carbonyl (C=O) groups is 1. The Balaban J connectivity index is 1.85. The molecular weight excluding hydrogens is 254 g/mol. The second kappa shape index (κ2) is 7.36. The van der Waals surface area contributed by atoms with Crippen LogP contribution in [0.5, 0.6) is 0 Å². The van der Waals surface area contributed by atoms with Crippen LogP contribution < -0.4 is 5.73 Å². The first kappa shape index (κ1) is 14.9. The van der Waals surface area contributed by atoms with Crippen LogP contribution in [-0.4, -0.2) is 48.1 Å². The largest absolute Gasteiger partial charge is 0.378 e. The van der Waals surface area contributed by atoms with Crippen LogP contribution >= 0.6 is 0 Å². The highest BCUT2D eigenvalue weighted by atomic mass is 16.5. The Morgan fingerprint density at radius 1 is 1.50 bits per heavy atom. The van der Waals surface area contributed by atoms with Crippen LogP contribution in [0.3, 0.4) is 0 Å². The number of aromatic nitrogens is 1. The summed E-state index contributed by atoms with van der Waals surface area (Å²) in [6.07, 6.45) is 4.61. The van der Waals surface area contributed by atoms with Crippen molar-refractivity contribution < 1.29 is 9.53 Å². The molecule has 5 nitrogen and oxygen atoms in total. The van der Waals surface area contributed by atoms with Gasteiger partial charge in [0.2, 0.25) is 0 Å². The molecular formula is C15H23N3O2. The number of likely N-dealkylation sites (tertiary alicyclic amines) is 1. The maximum Gasteiger partial charge on any atom is 0.272 e. The molecule has 0 saturated carbocycles. The van der Waals surface area contributed by atoms with Crippen LogP contribution in [0.2, 0.25) is 0 Å². The molecule has 20 heavy (non-hydrogen) atoms. The second-order valence-corrected chi connectivity index (χ2v) is 5.17. The molecule has 5 heteroatoms. The monoisotopic (exact) mass is 277 g/mol. The van der Waals surface area contributed by atoms with Crippen LogP contribution in [0.15, 0.2) is 18.3 Å². The molecule has 2 N–H and O–H groups in total. The van der Waals surface area contributed by atoms with E-state index in [0.29, 0.717) is 18.8 Å². The van der Waals surface area contributed by atoms with Gasteiger partial charge in [-0.15, -0.1) is 0 Å². The predicted octanol–water partition coefficient (Wildman–Crippen LogP) is 1.36. The molecule has 1 saturated heterocycles. The fourth-order valence-electron chi connectivity index (χ4n) is 2.42. The van der Waals surface area contributed by atoms with Crippen molar-refractivity contribution >= 4 is 5.91 Å². The topological polar surface area (TPSA) is 68.5 Å². The zero-order valence-electron chi connectivity index (χ0n) is 12.0. The number of aryl methyl sites for hydroxylation is 1. The molecule has 0 unspecified atom stereocenters. The summed E-state index contributed by atoms with van der Waals surface area (Å²) in [5.74, 6) is 0.0310. The summed E-state index contributed by atoms with van der Waals surface area (Å²) >= 11 is 0. The molecule has 1 fully saturated rings. The number of piperidine rings is 1. The van der Waals surface area contributed by atoms with Crippen molar-refractivity contribution in [1.82, 2.24) is 9.88 Å². The van der Waals surface area contributed by atoms with Gasteiger partial charge in [0.1, 0.15) is 5.69 Å². The number of hydrogen-bond acceptors (Lipinski definition) is 4. The molecule has 1 aliphatic rings. The van der Waals surface area contributed by atoms with Crippen molar-refractivity contribution in [1.29, 1.82) is 0 Å². The summed E-state index contributed by atoms with van der Waals surface area (Å²) in [6, 6.07) is 3.77. The van der Waals surface area contributed by atoms with E-state index < -0.39 is 0 Å². The number of pyridine rings is 1. The Hall–Kier alpha value is -1.46. The van der Waals surface area contributed by atoms with Gasteiger partial charge in [-0.1, -0.05) is 6.07 Å². The van der Waals surface area contributed by atoms with Gasteiger partial charge < -0.3 is 15.4 Å². The number of ether oxygens (including phenoxy) is 1. The standard InChI is InChI=1S/C15H23N3O2/c1-12-4-2-8-17-14(12)15(19)18-9-5-13(6-10-18)20-11-3-7-16/h2,4,8,13H,3,5-7,9-11,16H2,1H3. The lowest BCUT2D eigenvalue weighted by atomic mass is 10.1. The van der Waals surface area contributed by atoms with Gasteiger partial charge in [0.05, 0.1) is 6.10 Å². The lowest BCUT2D eigenvalue weighted by molar-refractivity contribution is 0.00827. The molecule has 0 atom stereocenters. The molecule has 0 aliphatic carbocycles. The summed E-state index contributed by atoms with van der Waals surface area (Å²) in [5.41, 5.74) is 6.94. The molecule has 1 amide bonds. The van der Waals surface area contributed by atoms with Crippen molar-refractivity contribution in [3.05, 3.63) is 29.6 Å². The molecule has 0 spiro atoms. The minimum atomic E-state index is 0.0310. The molecule has 1 aromatic rings. The Morgan fingerprint density at radius 2 is 2.25 bits per heavy atom. The van der Waals surface area contributed by atoms with Crippen LogP contribution in [0.25, 0.3) is 0 Å². The van der Waals surface area contributed by atoms with Crippen molar-refractivity contribution in [2.24, 2.45) is 5.73 Å². The minimum absolute atomic E-state index is 0.0310. The number of hydrogen-bond donors (Lipinski definition) is 1. The van der Waals surface area contributed by atoms with Gasteiger partial charge in [-0.25, -0.2) is 0 Å². The first-order valence-electron chi connectivity index (χ1n) is 7.25. The Labute approximate surface area is 120 Å². The molecule has 0 radical (unpaired) electrons. The summed E-state index contributed by atoms with van der Waals surface area (Å²) in [5, 5.41) is 0. The first-order chi connectivity index (χ1) is 9.72. The zero-order chi connectivity index (χ0) is 14.4. The Morgan fingerprint density at radius 3 is 2.90 bits per heavy atom. The van der Waals surface area contributed by atoms with Crippen molar-refractivity contribution in [3.8, 4) is 0 Å². The summed E-state index contributed by atoms with van der Waals surface area (Å²) in [6.45, 7) is 4.78. The van der Waals surface area contributed by atoms with E-state index in [9.17, 15) is 4.79 Å². The fraction of sp³-hybridized carbons (Fsp3) is 0.600. The third-order valence-electron chi connectivity index (χ3n) is 3.64. The smallest absolute Gasteiger partial charge is 0.272 e. The van der Waals surface area contributed by atoms with Gasteiger partial charge in [-0.3, -0.25) is 9.78 Å².